The summed E-state index contributed by atoms with van der Waals surface area (Å²) in [7, 11) is 0. The lowest BCUT2D eigenvalue weighted by Gasteiger charge is -2.16. The van der Waals surface area contributed by atoms with Crippen LogP contribution < -0.4 is 0 Å². The van der Waals surface area contributed by atoms with Gasteiger partial charge in [0.2, 0.25) is 0 Å². The first-order valence-corrected chi connectivity index (χ1v) is 10.6. The van der Waals surface area contributed by atoms with Crippen LogP contribution in [0.2, 0.25) is 0 Å². The molecule has 0 aliphatic carbocycles. The fourth-order valence-electron chi connectivity index (χ4n) is 3.05. The summed E-state index contributed by atoms with van der Waals surface area (Å²) >= 11 is 0. The maximum absolute atomic E-state index is 11.8. The third-order valence-electron chi connectivity index (χ3n) is 4.92. The largest absolute Gasteiger partial charge is 0.393 e. The maximum atomic E-state index is 11.8. The second-order valence-electron chi connectivity index (χ2n) is 8.54. The predicted molar refractivity (Wildman–Crippen MR) is 105 cm³/mol. The normalized spacial score (nSPS) is 13.2. The molecule has 0 aliphatic heterocycles. The topological polar surface area (TPSA) is 37.3 Å². The van der Waals surface area contributed by atoms with Crippen LogP contribution in [0.15, 0.2) is 0 Å². The number of carbonyl (C=O) groups excluding carboxylic acids is 1. The minimum atomic E-state index is -0.166. The second kappa shape index (κ2) is 14.9. The van der Waals surface area contributed by atoms with Gasteiger partial charge in [-0.25, -0.2) is 0 Å². The minimum Gasteiger partial charge on any atom is -0.393 e. The Hall–Kier alpha value is -0.370. The molecule has 0 aromatic carbocycles. The molecule has 1 N–H and O–H groups in total. The average Bonchev–Trinajstić information content (AvgIpc) is 2.52. The average molecular weight is 341 g/mol. The summed E-state index contributed by atoms with van der Waals surface area (Å²) in [5.41, 5.74) is -0.166. The third kappa shape index (κ3) is 15.2. The highest BCUT2D eigenvalue weighted by Crippen LogP contribution is 2.19. The van der Waals surface area contributed by atoms with Crippen LogP contribution in [-0.2, 0) is 4.79 Å². The Morgan fingerprint density at radius 2 is 1.17 bits per heavy atom. The number of unbranched alkanes of at least 4 members (excludes halogenated alkanes) is 10. The van der Waals surface area contributed by atoms with Gasteiger partial charge in [-0.1, -0.05) is 98.3 Å². The fraction of sp³-hybridized carbons (Fsp3) is 0.955. The van der Waals surface area contributed by atoms with Crippen molar-refractivity contribution in [1.29, 1.82) is 0 Å². The van der Waals surface area contributed by atoms with Gasteiger partial charge in [0.05, 0.1) is 6.10 Å². The van der Waals surface area contributed by atoms with E-state index in [1.165, 1.54) is 70.6 Å². The van der Waals surface area contributed by atoms with E-state index < -0.39 is 0 Å². The van der Waals surface area contributed by atoms with Crippen molar-refractivity contribution in [3.63, 3.8) is 0 Å². The molecule has 1 atom stereocenters. The Morgan fingerprint density at radius 1 is 0.750 bits per heavy atom. The second-order valence-corrected chi connectivity index (χ2v) is 8.54. The van der Waals surface area contributed by atoms with E-state index in [1.807, 2.05) is 20.8 Å². The molecule has 0 fully saturated rings. The summed E-state index contributed by atoms with van der Waals surface area (Å²) < 4.78 is 0. The van der Waals surface area contributed by atoms with E-state index in [9.17, 15) is 9.90 Å². The van der Waals surface area contributed by atoms with Crippen molar-refractivity contribution in [2.45, 2.75) is 130 Å². The number of rotatable bonds is 16. The Morgan fingerprint density at radius 3 is 1.62 bits per heavy atom. The van der Waals surface area contributed by atoms with Gasteiger partial charge in [-0.2, -0.15) is 0 Å². The molecule has 2 heteroatoms. The van der Waals surface area contributed by atoms with Gasteiger partial charge in [-0.15, -0.1) is 0 Å². The number of hydrogen-bond donors (Lipinski definition) is 1. The van der Waals surface area contributed by atoms with Crippen LogP contribution in [0.25, 0.3) is 0 Å². The SMILES string of the molecule is CCCCCCC(O)CCCCCCCCCCC(=O)C(C)(C)C. The molecule has 0 rings (SSSR count). The van der Waals surface area contributed by atoms with Crippen LogP contribution in [0.5, 0.6) is 0 Å². The molecule has 0 spiro atoms. The molecule has 0 aromatic rings. The van der Waals surface area contributed by atoms with Gasteiger partial charge >= 0.3 is 0 Å². The van der Waals surface area contributed by atoms with Gasteiger partial charge in [0.25, 0.3) is 0 Å². The first kappa shape index (κ1) is 23.6. The van der Waals surface area contributed by atoms with Gasteiger partial charge in [-0.3, -0.25) is 4.79 Å². The highest BCUT2D eigenvalue weighted by Gasteiger charge is 2.19. The number of aliphatic hydroxyl groups excluding tert-OH is 1. The molecule has 0 aromatic heterocycles. The fourth-order valence-corrected chi connectivity index (χ4v) is 3.05. The van der Waals surface area contributed by atoms with Crippen LogP contribution in [0, 0.1) is 5.41 Å². The first-order valence-electron chi connectivity index (χ1n) is 10.6. The summed E-state index contributed by atoms with van der Waals surface area (Å²) in [4.78, 5) is 11.8. The molecular weight excluding hydrogens is 296 g/mol. The molecule has 24 heavy (non-hydrogen) atoms. The van der Waals surface area contributed by atoms with E-state index in [2.05, 4.69) is 6.92 Å². The highest BCUT2D eigenvalue weighted by atomic mass is 16.3. The molecule has 0 bridgehead atoms. The number of hydrogen-bond acceptors (Lipinski definition) is 2. The van der Waals surface area contributed by atoms with E-state index in [0.717, 1.165) is 25.7 Å². The molecule has 2 nitrogen and oxygen atoms in total. The zero-order valence-corrected chi connectivity index (χ0v) is 17.0. The van der Waals surface area contributed by atoms with Crippen molar-refractivity contribution in [1.82, 2.24) is 0 Å². The molecule has 0 saturated carbocycles. The molecule has 0 amide bonds. The molecule has 0 radical (unpaired) electrons. The van der Waals surface area contributed by atoms with Crippen molar-refractivity contribution < 1.29 is 9.90 Å². The molecule has 0 saturated heterocycles. The number of carbonyl (C=O) groups is 1. The van der Waals surface area contributed by atoms with Crippen LogP contribution >= 0.6 is 0 Å². The van der Waals surface area contributed by atoms with Gasteiger partial charge in [0, 0.05) is 11.8 Å². The summed E-state index contributed by atoms with van der Waals surface area (Å²) in [6.45, 7) is 8.26. The van der Waals surface area contributed by atoms with Gasteiger partial charge in [0.15, 0.2) is 0 Å². The highest BCUT2D eigenvalue weighted by molar-refractivity contribution is 5.83. The third-order valence-corrected chi connectivity index (χ3v) is 4.92. The van der Waals surface area contributed by atoms with Crippen LogP contribution in [0.4, 0.5) is 0 Å². The predicted octanol–water partition coefficient (Wildman–Crippen LogP) is 6.83. The van der Waals surface area contributed by atoms with E-state index in [-0.39, 0.29) is 11.5 Å². The summed E-state index contributed by atoms with van der Waals surface area (Å²) in [6, 6.07) is 0. The molecular formula is C22H44O2. The Kier molecular flexibility index (Phi) is 14.7. The van der Waals surface area contributed by atoms with Gasteiger partial charge < -0.3 is 5.11 Å². The zero-order chi connectivity index (χ0) is 18.3. The summed E-state index contributed by atoms with van der Waals surface area (Å²) in [5, 5.41) is 9.92. The number of ketones is 1. The van der Waals surface area contributed by atoms with E-state index in [4.69, 9.17) is 0 Å². The van der Waals surface area contributed by atoms with Crippen LogP contribution in [-0.4, -0.2) is 17.0 Å². The lowest BCUT2D eigenvalue weighted by Crippen LogP contribution is -2.19. The van der Waals surface area contributed by atoms with E-state index in [1.54, 1.807) is 0 Å². The lowest BCUT2D eigenvalue weighted by atomic mass is 9.88. The summed E-state index contributed by atoms with van der Waals surface area (Å²) in [6.07, 6.45) is 17.5. The molecule has 1 unspecified atom stereocenters. The van der Waals surface area contributed by atoms with Crippen molar-refractivity contribution in [2.75, 3.05) is 0 Å². The first-order chi connectivity index (χ1) is 11.4. The summed E-state index contributed by atoms with van der Waals surface area (Å²) in [5.74, 6) is 0.399. The van der Waals surface area contributed by atoms with Crippen LogP contribution in [0.3, 0.4) is 0 Å². The van der Waals surface area contributed by atoms with Gasteiger partial charge in [-0.05, 0) is 19.3 Å². The van der Waals surface area contributed by atoms with Crippen molar-refractivity contribution in [2.24, 2.45) is 5.41 Å². The van der Waals surface area contributed by atoms with Crippen molar-refractivity contribution in [3.8, 4) is 0 Å². The number of aliphatic hydroxyl groups is 1. The monoisotopic (exact) mass is 340 g/mol. The Bertz CT molecular complexity index is 291. The van der Waals surface area contributed by atoms with E-state index in [0.29, 0.717) is 5.78 Å². The Balaban J connectivity index is 3.27. The van der Waals surface area contributed by atoms with E-state index >= 15 is 0 Å². The molecule has 0 aliphatic rings. The quantitative estimate of drug-likeness (QED) is 0.312. The zero-order valence-electron chi connectivity index (χ0n) is 17.0. The minimum absolute atomic E-state index is 0.0674. The standard InChI is InChI=1S/C22H44O2/c1-5-6-7-14-17-20(23)18-15-12-10-8-9-11-13-16-19-21(24)22(2,3)4/h20,23H,5-19H2,1-4H3. The number of Topliss-reactive ketones (excluding diaryl/α,β-unsaturated/α-hetero) is 1. The Labute approximate surface area is 151 Å². The van der Waals surface area contributed by atoms with Crippen LogP contribution in [0.1, 0.15) is 124 Å². The molecule has 0 heterocycles. The van der Waals surface area contributed by atoms with Gasteiger partial charge in [0.1, 0.15) is 5.78 Å². The molecule has 144 valence electrons. The smallest absolute Gasteiger partial charge is 0.138 e. The van der Waals surface area contributed by atoms with Crippen molar-refractivity contribution in [3.05, 3.63) is 0 Å². The van der Waals surface area contributed by atoms with Crippen molar-refractivity contribution >= 4 is 5.78 Å². The maximum Gasteiger partial charge on any atom is 0.138 e. The lowest BCUT2D eigenvalue weighted by molar-refractivity contribution is -0.126.